The number of nitrogens with one attached hydrogen (secondary N) is 1. The lowest BCUT2D eigenvalue weighted by atomic mass is 10.00. The number of benzene rings is 2. The number of aryl methyl sites for hydroxylation is 3. The predicted octanol–water partition coefficient (Wildman–Crippen LogP) is 4.68. The first-order valence-corrected chi connectivity index (χ1v) is 7.48. The third-order valence-corrected chi connectivity index (χ3v) is 4.03. The van der Waals surface area contributed by atoms with Gasteiger partial charge >= 0.3 is 0 Å². The third kappa shape index (κ3) is 3.84. The molecule has 0 radical (unpaired) electrons. The van der Waals surface area contributed by atoms with E-state index < -0.39 is 0 Å². The Morgan fingerprint density at radius 3 is 2.20 bits per heavy atom. The summed E-state index contributed by atoms with van der Waals surface area (Å²) in [5, 5.41) is 3.49. The number of hydrogen-bond acceptors (Lipinski definition) is 1. The van der Waals surface area contributed by atoms with Gasteiger partial charge in [-0.05, 0) is 43.0 Å². The average Bonchev–Trinajstić information content (AvgIpc) is 2.42. The first-order chi connectivity index (χ1) is 9.58. The maximum absolute atomic E-state index is 6.41. The lowest BCUT2D eigenvalue weighted by Crippen LogP contribution is -2.19. The molecule has 1 N–H and O–H groups in total. The van der Waals surface area contributed by atoms with E-state index in [1.165, 1.54) is 27.8 Å². The summed E-state index contributed by atoms with van der Waals surface area (Å²) in [6.45, 7) is 8.13. The standard InChI is InChI=1S/C18H22ClN/c1-13-9-14(2)17(15(3)10-13)11-20-12-18(19)16-7-5-4-6-8-16/h4-10,18,20H,11-12H2,1-3H3. The van der Waals surface area contributed by atoms with Crippen molar-refractivity contribution in [3.8, 4) is 0 Å². The van der Waals surface area contributed by atoms with Gasteiger partial charge < -0.3 is 5.32 Å². The van der Waals surface area contributed by atoms with Crippen LogP contribution in [0.1, 0.15) is 33.2 Å². The summed E-state index contributed by atoms with van der Waals surface area (Å²) >= 11 is 6.41. The van der Waals surface area contributed by atoms with Crippen LogP contribution in [0.15, 0.2) is 42.5 Å². The second-order valence-corrected chi connectivity index (χ2v) is 5.91. The molecule has 0 bridgehead atoms. The van der Waals surface area contributed by atoms with Gasteiger partial charge in [-0.25, -0.2) is 0 Å². The minimum atomic E-state index is 0.0160. The van der Waals surface area contributed by atoms with Gasteiger partial charge in [0.1, 0.15) is 0 Å². The van der Waals surface area contributed by atoms with E-state index >= 15 is 0 Å². The molecule has 0 saturated carbocycles. The van der Waals surface area contributed by atoms with E-state index in [2.05, 4.69) is 50.4 Å². The Balaban J connectivity index is 1.94. The minimum absolute atomic E-state index is 0.0160. The van der Waals surface area contributed by atoms with Gasteiger partial charge in [-0.3, -0.25) is 0 Å². The Bertz CT molecular complexity index is 540. The molecule has 0 spiro atoms. The molecular weight excluding hydrogens is 266 g/mol. The summed E-state index contributed by atoms with van der Waals surface area (Å²) < 4.78 is 0. The highest BCUT2D eigenvalue weighted by atomic mass is 35.5. The quantitative estimate of drug-likeness (QED) is 0.787. The van der Waals surface area contributed by atoms with Gasteiger partial charge in [0.25, 0.3) is 0 Å². The first-order valence-electron chi connectivity index (χ1n) is 7.04. The van der Waals surface area contributed by atoms with E-state index in [0.29, 0.717) is 0 Å². The Morgan fingerprint density at radius 1 is 1.00 bits per heavy atom. The van der Waals surface area contributed by atoms with Crippen molar-refractivity contribution < 1.29 is 0 Å². The fourth-order valence-electron chi connectivity index (χ4n) is 2.59. The van der Waals surface area contributed by atoms with Crippen LogP contribution in [0.2, 0.25) is 0 Å². The molecule has 0 amide bonds. The van der Waals surface area contributed by atoms with Crippen LogP contribution in [0, 0.1) is 20.8 Å². The zero-order valence-corrected chi connectivity index (χ0v) is 13.2. The molecule has 2 heteroatoms. The van der Waals surface area contributed by atoms with Gasteiger partial charge in [0, 0.05) is 13.1 Å². The molecule has 0 aromatic heterocycles. The first kappa shape index (κ1) is 15.1. The van der Waals surface area contributed by atoms with Gasteiger partial charge in [-0.2, -0.15) is 0 Å². The normalized spacial score (nSPS) is 12.4. The number of hydrogen-bond donors (Lipinski definition) is 1. The molecule has 20 heavy (non-hydrogen) atoms. The molecule has 2 rings (SSSR count). The van der Waals surface area contributed by atoms with Gasteiger partial charge in [0.15, 0.2) is 0 Å². The lowest BCUT2D eigenvalue weighted by molar-refractivity contribution is 0.670. The van der Waals surface area contributed by atoms with Crippen molar-refractivity contribution in [2.24, 2.45) is 0 Å². The molecule has 106 valence electrons. The molecule has 2 aromatic rings. The van der Waals surface area contributed by atoms with Crippen molar-refractivity contribution >= 4 is 11.6 Å². The van der Waals surface area contributed by atoms with Crippen LogP contribution in [-0.4, -0.2) is 6.54 Å². The van der Waals surface area contributed by atoms with Crippen LogP contribution in [0.4, 0.5) is 0 Å². The van der Waals surface area contributed by atoms with Crippen molar-refractivity contribution in [3.05, 3.63) is 70.3 Å². The molecule has 0 heterocycles. The van der Waals surface area contributed by atoms with E-state index in [1.807, 2.05) is 18.2 Å². The molecule has 0 fully saturated rings. The molecule has 0 aliphatic heterocycles. The van der Waals surface area contributed by atoms with Crippen LogP contribution in [0.5, 0.6) is 0 Å². The van der Waals surface area contributed by atoms with Crippen LogP contribution in [0.25, 0.3) is 0 Å². The van der Waals surface area contributed by atoms with Gasteiger partial charge in [0.05, 0.1) is 5.38 Å². The number of halogens is 1. The third-order valence-electron chi connectivity index (χ3n) is 3.63. The highest BCUT2D eigenvalue weighted by Gasteiger charge is 2.08. The van der Waals surface area contributed by atoms with Crippen LogP contribution < -0.4 is 5.32 Å². The molecule has 0 aliphatic carbocycles. The zero-order valence-electron chi connectivity index (χ0n) is 12.4. The Morgan fingerprint density at radius 2 is 1.60 bits per heavy atom. The second kappa shape index (κ2) is 6.92. The maximum Gasteiger partial charge on any atom is 0.0709 e. The van der Waals surface area contributed by atoms with Crippen LogP contribution in [-0.2, 0) is 6.54 Å². The van der Waals surface area contributed by atoms with Crippen LogP contribution in [0.3, 0.4) is 0 Å². The molecule has 0 saturated heterocycles. The summed E-state index contributed by atoms with van der Waals surface area (Å²) in [4.78, 5) is 0. The summed E-state index contributed by atoms with van der Waals surface area (Å²) in [5.74, 6) is 0. The van der Waals surface area contributed by atoms with Crippen molar-refractivity contribution in [1.29, 1.82) is 0 Å². The minimum Gasteiger partial charge on any atom is -0.311 e. The van der Waals surface area contributed by atoms with Crippen molar-refractivity contribution in [3.63, 3.8) is 0 Å². The van der Waals surface area contributed by atoms with E-state index in [9.17, 15) is 0 Å². The summed E-state index contributed by atoms with van der Waals surface area (Å²) in [6, 6.07) is 14.7. The Kier molecular flexibility index (Phi) is 5.22. The Hall–Kier alpha value is -1.31. The van der Waals surface area contributed by atoms with E-state index in [4.69, 9.17) is 11.6 Å². The molecule has 2 aromatic carbocycles. The lowest BCUT2D eigenvalue weighted by Gasteiger charge is -2.15. The summed E-state index contributed by atoms with van der Waals surface area (Å²) in [5.41, 5.74) is 6.57. The Labute approximate surface area is 127 Å². The molecule has 1 nitrogen and oxygen atoms in total. The van der Waals surface area contributed by atoms with Gasteiger partial charge in [-0.15, -0.1) is 11.6 Å². The second-order valence-electron chi connectivity index (χ2n) is 5.39. The molecular formula is C18H22ClN. The highest BCUT2D eigenvalue weighted by molar-refractivity contribution is 6.21. The van der Waals surface area contributed by atoms with E-state index in [1.54, 1.807) is 0 Å². The van der Waals surface area contributed by atoms with Crippen molar-refractivity contribution in [2.45, 2.75) is 32.7 Å². The summed E-state index contributed by atoms with van der Waals surface area (Å²) in [6.07, 6.45) is 0. The smallest absolute Gasteiger partial charge is 0.0709 e. The van der Waals surface area contributed by atoms with E-state index in [0.717, 1.165) is 13.1 Å². The maximum atomic E-state index is 6.41. The number of alkyl halides is 1. The van der Waals surface area contributed by atoms with E-state index in [-0.39, 0.29) is 5.38 Å². The van der Waals surface area contributed by atoms with Crippen molar-refractivity contribution in [2.75, 3.05) is 6.54 Å². The fourth-order valence-corrected chi connectivity index (χ4v) is 2.85. The van der Waals surface area contributed by atoms with Crippen molar-refractivity contribution in [1.82, 2.24) is 5.32 Å². The largest absolute Gasteiger partial charge is 0.311 e. The van der Waals surface area contributed by atoms with Gasteiger partial charge in [0.2, 0.25) is 0 Å². The average molecular weight is 288 g/mol. The predicted molar refractivity (Wildman–Crippen MR) is 87.4 cm³/mol. The zero-order chi connectivity index (χ0) is 14.5. The molecule has 1 unspecified atom stereocenters. The fraction of sp³-hybridized carbons (Fsp3) is 0.333. The molecule has 0 aliphatic rings. The number of rotatable bonds is 5. The highest BCUT2D eigenvalue weighted by Crippen LogP contribution is 2.20. The van der Waals surface area contributed by atoms with Crippen LogP contribution >= 0.6 is 11.6 Å². The monoisotopic (exact) mass is 287 g/mol. The van der Waals surface area contributed by atoms with Gasteiger partial charge in [-0.1, -0.05) is 48.0 Å². The topological polar surface area (TPSA) is 12.0 Å². The molecule has 1 atom stereocenters. The SMILES string of the molecule is Cc1cc(C)c(CNCC(Cl)c2ccccc2)c(C)c1. The summed E-state index contributed by atoms with van der Waals surface area (Å²) in [7, 11) is 0.